The second-order valence-electron chi connectivity index (χ2n) is 4.39. The Hall–Kier alpha value is -1.84. The van der Waals surface area contributed by atoms with Crippen LogP contribution in [-0.4, -0.2) is 20.7 Å². The highest BCUT2D eigenvalue weighted by atomic mass is 79.9. The van der Waals surface area contributed by atoms with Gasteiger partial charge in [0, 0.05) is 16.7 Å². The van der Waals surface area contributed by atoms with Gasteiger partial charge < -0.3 is 5.32 Å². The van der Waals surface area contributed by atoms with E-state index in [-0.39, 0.29) is 10.6 Å². The maximum absolute atomic E-state index is 12.1. The maximum Gasteiger partial charge on any atom is 0.180 e. The van der Waals surface area contributed by atoms with Gasteiger partial charge in [0.05, 0.1) is 22.3 Å². The molecule has 2 rings (SSSR count). The standard InChI is InChI=1S/C15H13BrN2O2S/c16-13-3-5-14(6-4-13)18-9-10-21(19,20)15-7-1-12(11-17)2-8-15/h1-8,18H,9-10H2. The summed E-state index contributed by atoms with van der Waals surface area (Å²) in [5, 5.41) is 11.8. The van der Waals surface area contributed by atoms with Crippen molar-refractivity contribution in [2.45, 2.75) is 4.90 Å². The van der Waals surface area contributed by atoms with Gasteiger partial charge in [-0.05, 0) is 48.5 Å². The van der Waals surface area contributed by atoms with Gasteiger partial charge in [-0.25, -0.2) is 8.42 Å². The van der Waals surface area contributed by atoms with Crippen LogP contribution in [0.4, 0.5) is 5.69 Å². The molecule has 0 aromatic heterocycles. The lowest BCUT2D eigenvalue weighted by Gasteiger charge is -2.07. The van der Waals surface area contributed by atoms with E-state index in [9.17, 15) is 8.42 Å². The zero-order valence-electron chi connectivity index (χ0n) is 11.1. The van der Waals surface area contributed by atoms with E-state index in [1.54, 1.807) is 0 Å². The number of hydrogen-bond donors (Lipinski definition) is 1. The Morgan fingerprint density at radius 2 is 1.67 bits per heavy atom. The van der Waals surface area contributed by atoms with Gasteiger partial charge in [0.25, 0.3) is 0 Å². The predicted octanol–water partition coefficient (Wildman–Crippen LogP) is 3.21. The van der Waals surface area contributed by atoms with Crippen LogP contribution >= 0.6 is 15.9 Å². The molecular weight excluding hydrogens is 352 g/mol. The fraction of sp³-hybridized carbons (Fsp3) is 0.133. The van der Waals surface area contributed by atoms with Crippen LogP contribution < -0.4 is 5.32 Å². The lowest BCUT2D eigenvalue weighted by atomic mass is 10.2. The van der Waals surface area contributed by atoms with Gasteiger partial charge in [0.2, 0.25) is 0 Å². The topological polar surface area (TPSA) is 70.0 Å². The summed E-state index contributed by atoms with van der Waals surface area (Å²) in [5.41, 5.74) is 1.31. The first-order valence-corrected chi connectivity index (χ1v) is 8.68. The summed E-state index contributed by atoms with van der Waals surface area (Å²) in [4.78, 5) is 0.235. The smallest absolute Gasteiger partial charge is 0.180 e. The summed E-state index contributed by atoms with van der Waals surface area (Å²) >= 11 is 3.34. The molecule has 0 fully saturated rings. The number of anilines is 1. The Labute approximate surface area is 132 Å². The first kappa shape index (κ1) is 15.5. The lowest BCUT2D eigenvalue weighted by molar-refractivity contribution is 0.596. The molecule has 0 saturated carbocycles. The molecule has 2 aromatic carbocycles. The average Bonchev–Trinajstić information content (AvgIpc) is 2.49. The van der Waals surface area contributed by atoms with Crippen molar-refractivity contribution in [2.24, 2.45) is 0 Å². The molecule has 0 aliphatic rings. The summed E-state index contributed by atoms with van der Waals surface area (Å²) in [6.45, 7) is 0.323. The Bertz CT molecular complexity index is 748. The second-order valence-corrected chi connectivity index (χ2v) is 7.41. The molecule has 2 aromatic rings. The molecule has 108 valence electrons. The van der Waals surface area contributed by atoms with Crippen LogP contribution in [0.25, 0.3) is 0 Å². The lowest BCUT2D eigenvalue weighted by Crippen LogP contribution is -2.15. The summed E-state index contributed by atoms with van der Waals surface area (Å²) < 4.78 is 25.3. The first-order valence-electron chi connectivity index (χ1n) is 6.24. The van der Waals surface area contributed by atoms with Crippen LogP contribution in [0.2, 0.25) is 0 Å². The van der Waals surface area contributed by atoms with Gasteiger partial charge in [0.15, 0.2) is 9.84 Å². The fourth-order valence-corrected chi connectivity index (χ4v) is 3.17. The Kier molecular flexibility index (Phi) is 4.99. The molecule has 0 aliphatic carbocycles. The number of rotatable bonds is 5. The van der Waals surface area contributed by atoms with E-state index in [2.05, 4.69) is 21.2 Å². The zero-order valence-corrected chi connectivity index (χ0v) is 13.5. The molecule has 0 saturated heterocycles. The van der Waals surface area contributed by atoms with Crippen LogP contribution in [0.15, 0.2) is 57.9 Å². The molecule has 21 heavy (non-hydrogen) atoms. The summed E-state index contributed by atoms with van der Waals surface area (Å²) in [7, 11) is -3.34. The van der Waals surface area contributed by atoms with Crippen molar-refractivity contribution >= 4 is 31.5 Å². The largest absolute Gasteiger partial charge is 0.384 e. The van der Waals surface area contributed by atoms with Crippen molar-refractivity contribution in [3.63, 3.8) is 0 Å². The van der Waals surface area contributed by atoms with Crippen LogP contribution in [0.1, 0.15) is 5.56 Å². The molecule has 1 N–H and O–H groups in total. The van der Waals surface area contributed by atoms with Crippen molar-refractivity contribution in [3.05, 3.63) is 58.6 Å². The van der Waals surface area contributed by atoms with Crippen LogP contribution in [0.3, 0.4) is 0 Å². The van der Waals surface area contributed by atoms with Crippen LogP contribution in [0.5, 0.6) is 0 Å². The highest BCUT2D eigenvalue weighted by Gasteiger charge is 2.13. The molecule has 0 heterocycles. The van der Waals surface area contributed by atoms with Gasteiger partial charge in [0.1, 0.15) is 0 Å². The molecular formula is C15H13BrN2O2S. The zero-order chi connectivity index (χ0) is 15.3. The quantitative estimate of drug-likeness (QED) is 0.884. The molecule has 6 heteroatoms. The van der Waals surface area contributed by atoms with E-state index >= 15 is 0 Å². The Morgan fingerprint density at radius 3 is 2.24 bits per heavy atom. The molecule has 4 nitrogen and oxygen atoms in total. The van der Waals surface area contributed by atoms with E-state index in [0.29, 0.717) is 12.1 Å². The maximum atomic E-state index is 12.1. The minimum absolute atomic E-state index is 0.00500. The predicted molar refractivity (Wildman–Crippen MR) is 85.8 cm³/mol. The Balaban J connectivity index is 1.97. The highest BCUT2D eigenvalue weighted by Crippen LogP contribution is 2.15. The van der Waals surface area contributed by atoms with E-state index in [1.165, 1.54) is 24.3 Å². The van der Waals surface area contributed by atoms with Crippen molar-refractivity contribution in [1.29, 1.82) is 5.26 Å². The van der Waals surface area contributed by atoms with Crippen molar-refractivity contribution in [2.75, 3.05) is 17.6 Å². The first-order chi connectivity index (χ1) is 10.0. The minimum atomic E-state index is -3.34. The number of hydrogen-bond acceptors (Lipinski definition) is 4. The number of sulfone groups is 1. The normalized spacial score (nSPS) is 10.9. The van der Waals surface area contributed by atoms with Crippen LogP contribution in [0, 0.1) is 11.3 Å². The van der Waals surface area contributed by atoms with Crippen LogP contribution in [-0.2, 0) is 9.84 Å². The van der Waals surface area contributed by atoms with Gasteiger partial charge >= 0.3 is 0 Å². The van der Waals surface area contributed by atoms with E-state index in [0.717, 1.165) is 10.2 Å². The SMILES string of the molecule is N#Cc1ccc(S(=O)(=O)CCNc2ccc(Br)cc2)cc1. The fourth-order valence-electron chi connectivity index (χ4n) is 1.75. The third-order valence-electron chi connectivity index (χ3n) is 2.89. The van der Waals surface area contributed by atoms with Crippen molar-refractivity contribution in [1.82, 2.24) is 0 Å². The molecule has 0 aliphatic heterocycles. The molecule has 0 spiro atoms. The molecule has 0 atom stereocenters. The van der Waals surface area contributed by atoms with E-state index in [4.69, 9.17) is 5.26 Å². The average molecular weight is 365 g/mol. The summed E-state index contributed by atoms with van der Waals surface area (Å²) in [6, 6.07) is 15.4. The third kappa shape index (κ3) is 4.31. The number of nitriles is 1. The highest BCUT2D eigenvalue weighted by molar-refractivity contribution is 9.10. The third-order valence-corrected chi connectivity index (χ3v) is 5.15. The number of nitrogens with one attached hydrogen (secondary N) is 1. The minimum Gasteiger partial charge on any atom is -0.384 e. The molecule has 0 radical (unpaired) electrons. The van der Waals surface area contributed by atoms with Gasteiger partial charge in [-0.3, -0.25) is 0 Å². The van der Waals surface area contributed by atoms with Gasteiger partial charge in [-0.2, -0.15) is 5.26 Å². The summed E-state index contributed by atoms with van der Waals surface area (Å²) in [5.74, 6) is -0.00500. The van der Waals surface area contributed by atoms with E-state index < -0.39 is 9.84 Å². The van der Waals surface area contributed by atoms with Gasteiger partial charge in [-0.1, -0.05) is 15.9 Å². The number of nitrogens with zero attached hydrogens (tertiary/aromatic N) is 1. The van der Waals surface area contributed by atoms with Crippen molar-refractivity contribution < 1.29 is 8.42 Å². The monoisotopic (exact) mass is 364 g/mol. The van der Waals surface area contributed by atoms with Crippen molar-refractivity contribution in [3.8, 4) is 6.07 Å². The van der Waals surface area contributed by atoms with E-state index in [1.807, 2.05) is 30.3 Å². The second kappa shape index (κ2) is 6.74. The summed E-state index contributed by atoms with van der Waals surface area (Å²) in [6.07, 6.45) is 0. The molecule has 0 bridgehead atoms. The Morgan fingerprint density at radius 1 is 1.05 bits per heavy atom. The molecule has 0 unspecified atom stereocenters. The van der Waals surface area contributed by atoms with Gasteiger partial charge in [-0.15, -0.1) is 0 Å². The molecule has 0 amide bonds. The number of halogens is 1. The number of benzene rings is 2.